The predicted octanol–water partition coefficient (Wildman–Crippen LogP) is 2.23. The van der Waals surface area contributed by atoms with E-state index in [1.54, 1.807) is 23.0 Å². The Balaban J connectivity index is 1.65. The van der Waals surface area contributed by atoms with Gasteiger partial charge in [0, 0.05) is 19.0 Å². The number of rotatable bonds is 5. The maximum Gasteiger partial charge on any atom is 0.322 e. The van der Waals surface area contributed by atoms with E-state index in [0.29, 0.717) is 5.69 Å². The van der Waals surface area contributed by atoms with Gasteiger partial charge in [-0.05, 0) is 22.4 Å². The van der Waals surface area contributed by atoms with Gasteiger partial charge in [-0.3, -0.25) is 4.52 Å². The standard InChI is InChI=1S/C18H18N4O2/c1-14(12-15-8-4-2-5-9-15)22-13-17(24-21-22)20-18(23)19-16-10-6-3-7-11-16/h2-11,13-14H,12H2,1H3,(H-,19,20,21,23)/t14-/m0/s1. The molecular formula is C18H18N4O2. The van der Waals surface area contributed by atoms with Crippen molar-refractivity contribution >= 4 is 17.6 Å². The van der Waals surface area contributed by atoms with Gasteiger partial charge >= 0.3 is 5.88 Å². The molecule has 0 saturated heterocycles. The molecule has 0 amide bonds. The Bertz CT molecular complexity index is 800. The maximum absolute atomic E-state index is 11.9. The molecule has 24 heavy (non-hydrogen) atoms. The molecule has 122 valence electrons. The fourth-order valence-electron chi connectivity index (χ4n) is 2.33. The number of aliphatic imine (C=N–C) groups is 1. The van der Waals surface area contributed by atoms with Gasteiger partial charge in [-0.25, -0.2) is 4.99 Å². The van der Waals surface area contributed by atoms with Crippen LogP contribution in [-0.2, 0) is 6.42 Å². The molecule has 0 spiro atoms. The number of benzene rings is 2. The number of para-hydroxylation sites is 1. The summed E-state index contributed by atoms with van der Waals surface area (Å²) in [5, 5.41) is 18.5. The average molecular weight is 322 g/mol. The first-order chi connectivity index (χ1) is 11.7. The van der Waals surface area contributed by atoms with Gasteiger partial charge in [0.2, 0.25) is 5.27 Å². The first kappa shape index (κ1) is 15.7. The molecule has 3 rings (SSSR count). The van der Waals surface area contributed by atoms with Crippen molar-refractivity contribution < 1.29 is 14.3 Å². The van der Waals surface area contributed by atoms with E-state index in [0.717, 1.165) is 6.42 Å². The summed E-state index contributed by atoms with van der Waals surface area (Å²) in [6.07, 6.45) is 2.44. The number of anilines is 1. The summed E-state index contributed by atoms with van der Waals surface area (Å²) in [6, 6.07) is 18.8. The lowest BCUT2D eigenvalue weighted by Gasteiger charge is -2.11. The second kappa shape index (κ2) is 7.41. The smallest absolute Gasteiger partial charge is 0.322 e. The molecule has 0 saturated carbocycles. The van der Waals surface area contributed by atoms with Crippen LogP contribution in [0.25, 0.3) is 0 Å². The lowest BCUT2D eigenvalue weighted by molar-refractivity contribution is -0.782. The largest absolute Gasteiger partial charge is 0.846 e. The zero-order valence-corrected chi connectivity index (χ0v) is 13.3. The van der Waals surface area contributed by atoms with Crippen LogP contribution in [-0.4, -0.2) is 11.3 Å². The molecule has 1 aromatic heterocycles. The molecule has 3 aromatic rings. The molecule has 0 unspecified atom stereocenters. The number of amidine groups is 1. The van der Waals surface area contributed by atoms with E-state index in [4.69, 9.17) is 4.52 Å². The van der Waals surface area contributed by atoms with Crippen LogP contribution in [0.4, 0.5) is 11.6 Å². The van der Waals surface area contributed by atoms with Crippen molar-refractivity contribution in [3.05, 3.63) is 72.4 Å². The molecule has 0 bridgehead atoms. The maximum atomic E-state index is 11.9. The second-order valence-corrected chi connectivity index (χ2v) is 5.47. The highest BCUT2D eigenvalue weighted by Gasteiger charge is 2.19. The monoisotopic (exact) mass is 322 g/mol. The van der Waals surface area contributed by atoms with Gasteiger partial charge in [-0.1, -0.05) is 48.5 Å². The minimum Gasteiger partial charge on any atom is -0.846 e. The molecule has 6 nitrogen and oxygen atoms in total. The number of nitrogens with one attached hydrogen (secondary N) is 1. The SMILES string of the molecule is C[C@@H](Cc1ccccc1)[n+]1cc(/N=C(\[O-])Nc2ccccc2)on1. The van der Waals surface area contributed by atoms with Gasteiger partial charge in [0.25, 0.3) is 6.20 Å². The molecule has 0 aliphatic carbocycles. The van der Waals surface area contributed by atoms with E-state index in [9.17, 15) is 5.11 Å². The molecule has 1 heterocycles. The third-order valence-electron chi connectivity index (χ3n) is 3.53. The second-order valence-electron chi connectivity index (χ2n) is 5.47. The van der Waals surface area contributed by atoms with Gasteiger partial charge in [0.05, 0.1) is 6.02 Å². The summed E-state index contributed by atoms with van der Waals surface area (Å²) in [5.41, 5.74) is 1.89. The lowest BCUT2D eigenvalue weighted by Crippen LogP contribution is -2.39. The molecule has 0 aliphatic rings. The van der Waals surface area contributed by atoms with Crippen LogP contribution in [0.15, 0.2) is 76.4 Å². The number of hydrogen-bond acceptors (Lipinski definition) is 4. The predicted molar refractivity (Wildman–Crippen MR) is 88.7 cm³/mol. The molecule has 0 radical (unpaired) electrons. The molecule has 0 fully saturated rings. The van der Waals surface area contributed by atoms with Crippen molar-refractivity contribution in [3.63, 3.8) is 0 Å². The molecule has 1 atom stereocenters. The van der Waals surface area contributed by atoms with Crippen molar-refractivity contribution in [3.8, 4) is 0 Å². The summed E-state index contributed by atoms with van der Waals surface area (Å²) in [6.45, 7) is 2.03. The van der Waals surface area contributed by atoms with Crippen LogP contribution in [0.1, 0.15) is 18.5 Å². The first-order valence-corrected chi connectivity index (χ1v) is 7.70. The van der Waals surface area contributed by atoms with Crippen molar-refractivity contribution in [1.29, 1.82) is 0 Å². The van der Waals surface area contributed by atoms with Crippen molar-refractivity contribution in [2.45, 2.75) is 19.4 Å². The van der Waals surface area contributed by atoms with Gasteiger partial charge in [0.15, 0.2) is 6.04 Å². The van der Waals surface area contributed by atoms with E-state index < -0.39 is 6.02 Å². The third-order valence-corrected chi connectivity index (χ3v) is 3.53. The van der Waals surface area contributed by atoms with Gasteiger partial charge in [0.1, 0.15) is 0 Å². The molecule has 1 N–H and O–H groups in total. The summed E-state index contributed by atoms with van der Waals surface area (Å²) in [5.74, 6) is 0.170. The lowest BCUT2D eigenvalue weighted by atomic mass is 10.1. The van der Waals surface area contributed by atoms with E-state index in [1.807, 2.05) is 43.3 Å². The quantitative estimate of drug-likeness (QED) is 0.444. The number of hydrogen-bond donors (Lipinski definition) is 1. The molecule has 6 heteroatoms. The first-order valence-electron chi connectivity index (χ1n) is 7.70. The van der Waals surface area contributed by atoms with E-state index in [2.05, 4.69) is 27.7 Å². The van der Waals surface area contributed by atoms with Crippen LogP contribution in [0, 0.1) is 0 Å². The zero-order chi connectivity index (χ0) is 16.8. The highest BCUT2D eigenvalue weighted by atomic mass is 16.5. The summed E-state index contributed by atoms with van der Waals surface area (Å²) < 4.78 is 6.79. The number of nitrogens with zero attached hydrogens (tertiary/aromatic N) is 3. The van der Waals surface area contributed by atoms with E-state index in [-0.39, 0.29) is 11.9 Å². The van der Waals surface area contributed by atoms with Crippen molar-refractivity contribution in [1.82, 2.24) is 5.27 Å². The Kier molecular flexibility index (Phi) is 4.86. The van der Waals surface area contributed by atoms with Crippen LogP contribution in [0.2, 0.25) is 0 Å². The topological polar surface area (TPSA) is 77.4 Å². The minimum absolute atomic E-state index is 0.0947. The van der Waals surface area contributed by atoms with Crippen molar-refractivity contribution in [2.24, 2.45) is 4.99 Å². The Labute approximate surface area is 140 Å². The minimum atomic E-state index is -0.500. The van der Waals surface area contributed by atoms with Crippen LogP contribution in [0.3, 0.4) is 0 Å². The Morgan fingerprint density at radius 2 is 1.83 bits per heavy atom. The fraction of sp³-hybridized carbons (Fsp3) is 0.167. The van der Waals surface area contributed by atoms with Gasteiger partial charge < -0.3 is 10.4 Å². The normalized spacial score (nSPS) is 12.8. The highest BCUT2D eigenvalue weighted by Crippen LogP contribution is 2.12. The number of aromatic nitrogens is 2. The van der Waals surface area contributed by atoms with Crippen molar-refractivity contribution in [2.75, 3.05) is 5.32 Å². The molecular weight excluding hydrogens is 304 g/mol. The van der Waals surface area contributed by atoms with E-state index in [1.165, 1.54) is 5.56 Å². The van der Waals surface area contributed by atoms with Crippen LogP contribution < -0.4 is 15.1 Å². The zero-order valence-electron chi connectivity index (χ0n) is 13.3. The summed E-state index contributed by atoms with van der Waals surface area (Å²) >= 11 is 0. The average Bonchev–Trinajstić information content (AvgIpc) is 3.05. The molecule has 2 aromatic carbocycles. The Morgan fingerprint density at radius 1 is 1.17 bits per heavy atom. The van der Waals surface area contributed by atoms with Gasteiger partial charge in [-0.15, -0.1) is 0 Å². The van der Waals surface area contributed by atoms with Crippen LogP contribution >= 0.6 is 0 Å². The summed E-state index contributed by atoms with van der Waals surface area (Å²) in [7, 11) is 0. The Morgan fingerprint density at radius 3 is 2.54 bits per heavy atom. The Hall–Kier alpha value is -3.15. The third kappa shape index (κ3) is 4.19. The van der Waals surface area contributed by atoms with E-state index >= 15 is 0 Å². The molecule has 0 aliphatic heterocycles. The van der Waals surface area contributed by atoms with Gasteiger partial charge in [-0.2, -0.15) is 0 Å². The highest BCUT2D eigenvalue weighted by molar-refractivity contribution is 5.86. The fourth-order valence-corrected chi connectivity index (χ4v) is 2.33. The van der Waals surface area contributed by atoms with Crippen LogP contribution in [0.5, 0.6) is 0 Å². The summed E-state index contributed by atoms with van der Waals surface area (Å²) in [4.78, 5) is 3.86.